The van der Waals surface area contributed by atoms with Crippen molar-refractivity contribution < 1.29 is 4.79 Å². The second kappa shape index (κ2) is 8.26. The summed E-state index contributed by atoms with van der Waals surface area (Å²) in [7, 11) is 0. The number of amides is 1. The Morgan fingerprint density at radius 1 is 1.23 bits per heavy atom. The number of carbonyl (C=O) groups excluding carboxylic acids is 1. The fourth-order valence-corrected chi connectivity index (χ4v) is 5.84. The first-order valence-corrected chi connectivity index (χ1v) is 12.4. The summed E-state index contributed by atoms with van der Waals surface area (Å²) in [6.45, 7) is 9.47. The van der Waals surface area contributed by atoms with E-state index in [-0.39, 0.29) is 11.9 Å². The van der Waals surface area contributed by atoms with Crippen LogP contribution in [0.2, 0.25) is 0 Å². The first-order chi connectivity index (χ1) is 15.0. The molecule has 2 fully saturated rings. The van der Waals surface area contributed by atoms with Crippen LogP contribution in [-0.2, 0) is 6.42 Å². The molecule has 31 heavy (non-hydrogen) atoms. The second-order valence-corrected chi connectivity index (χ2v) is 10.3. The lowest BCUT2D eigenvalue weighted by atomic mass is 9.99. The lowest BCUT2D eigenvalue weighted by molar-refractivity contribution is 0.0611. The van der Waals surface area contributed by atoms with Gasteiger partial charge in [0.2, 0.25) is 0 Å². The van der Waals surface area contributed by atoms with Crippen molar-refractivity contribution in [1.82, 2.24) is 19.5 Å². The molecule has 5 rings (SSSR count). The maximum Gasteiger partial charge on any atom is 0.264 e. The zero-order valence-corrected chi connectivity index (χ0v) is 19.5. The van der Waals surface area contributed by atoms with Crippen molar-refractivity contribution in [3.8, 4) is 0 Å². The van der Waals surface area contributed by atoms with Gasteiger partial charge in [0.25, 0.3) is 5.91 Å². The second-order valence-electron chi connectivity index (χ2n) is 9.09. The molecule has 0 saturated carbocycles. The molecule has 2 aliphatic rings. The van der Waals surface area contributed by atoms with Crippen molar-refractivity contribution in [1.29, 1.82) is 0 Å². The molecular weight excluding hydrogens is 406 g/mol. The Bertz CT molecular complexity index is 1100. The number of aryl methyl sites for hydroxylation is 2. The summed E-state index contributed by atoms with van der Waals surface area (Å²) in [5.41, 5.74) is 2.98. The van der Waals surface area contributed by atoms with Crippen LogP contribution >= 0.6 is 11.3 Å². The summed E-state index contributed by atoms with van der Waals surface area (Å²) < 4.78 is 1.89. The SMILES string of the molecule is CCc1ccc(C(=O)N2CCCC[C@H]2c2cc3nc(N4CC[C@H](C)C4)c(C)cn3n2)s1. The maximum absolute atomic E-state index is 13.3. The monoisotopic (exact) mass is 437 g/mol. The number of hydrogen-bond donors (Lipinski definition) is 0. The van der Waals surface area contributed by atoms with Gasteiger partial charge in [0, 0.05) is 42.3 Å². The molecular formula is C24H31N5OS. The van der Waals surface area contributed by atoms with Gasteiger partial charge in [-0.15, -0.1) is 11.3 Å². The zero-order chi connectivity index (χ0) is 21.5. The molecule has 0 unspecified atom stereocenters. The molecule has 2 saturated heterocycles. The van der Waals surface area contributed by atoms with Crippen LogP contribution in [0.3, 0.4) is 0 Å². The first kappa shape index (κ1) is 20.5. The average Bonchev–Trinajstić information content (AvgIpc) is 3.51. The van der Waals surface area contributed by atoms with Crippen LogP contribution < -0.4 is 4.90 Å². The largest absolute Gasteiger partial charge is 0.356 e. The minimum Gasteiger partial charge on any atom is -0.356 e. The highest BCUT2D eigenvalue weighted by Gasteiger charge is 2.31. The molecule has 2 aliphatic heterocycles. The molecule has 0 aromatic carbocycles. The van der Waals surface area contributed by atoms with E-state index >= 15 is 0 Å². The van der Waals surface area contributed by atoms with Crippen LogP contribution in [0, 0.1) is 12.8 Å². The third-order valence-electron chi connectivity index (χ3n) is 6.67. The summed E-state index contributed by atoms with van der Waals surface area (Å²) in [4.78, 5) is 24.8. The van der Waals surface area contributed by atoms with Gasteiger partial charge < -0.3 is 9.80 Å². The van der Waals surface area contributed by atoms with Gasteiger partial charge in [0.1, 0.15) is 5.82 Å². The molecule has 3 aromatic rings. The standard InChI is InChI=1S/C24H31N5OS/c1-4-18-8-9-21(31-18)24(30)28-11-6-5-7-20(28)19-13-22-25-23(17(3)15-29(22)26-19)27-12-10-16(2)14-27/h8-9,13,15-16,20H,4-7,10-12,14H2,1-3H3/t16-,20-/m0/s1. The van der Waals surface area contributed by atoms with Gasteiger partial charge in [-0.25, -0.2) is 9.50 Å². The fraction of sp³-hybridized carbons (Fsp3) is 0.542. The number of anilines is 1. The van der Waals surface area contributed by atoms with Gasteiger partial charge in [-0.2, -0.15) is 5.10 Å². The minimum atomic E-state index is 0.0192. The van der Waals surface area contributed by atoms with Gasteiger partial charge in [-0.3, -0.25) is 4.79 Å². The molecule has 5 heterocycles. The van der Waals surface area contributed by atoms with Crippen molar-refractivity contribution in [3.05, 3.63) is 45.4 Å². The number of piperidine rings is 1. The number of rotatable bonds is 4. The van der Waals surface area contributed by atoms with E-state index in [9.17, 15) is 4.79 Å². The predicted octanol–water partition coefficient (Wildman–Crippen LogP) is 4.88. The molecule has 0 radical (unpaired) electrons. The number of fused-ring (bicyclic) bond motifs is 1. The highest BCUT2D eigenvalue weighted by molar-refractivity contribution is 7.14. The third kappa shape index (κ3) is 3.84. The molecule has 164 valence electrons. The van der Waals surface area contributed by atoms with Gasteiger partial charge in [-0.05, 0) is 57.1 Å². The number of nitrogens with zero attached hydrogens (tertiary/aromatic N) is 5. The van der Waals surface area contributed by atoms with E-state index in [1.165, 1.54) is 11.3 Å². The number of carbonyl (C=O) groups is 1. The molecule has 0 aliphatic carbocycles. The van der Waals surface area contributed by atoms with Gasteiger partial charge in [-0.1, -0.05) is 13.8 Å². The van der Waals surface area contributed by atoms with Crippen LogP contribution in [0.1, 0.15) is 71.4 Å². The van der Waals surface area contributed by atoms with Crippen molar-refractivity contribution in [2.24, 2.45) is 5.92 Å². The van der Waals surface area contributed by atoms with E-state index in [1.54, 1.807) is 11.3 Å². The number of hydrogen-bond acceptors (Lipinski definition) is 5. The average molecular weight is 438 g/mol. The fourth-order valence-electron chi connectivity index (χ4n) is 4.94. The Balaban J connectivity index is 1.45. The van der Waals surface area contributed by atoms with Gasteiger partial charge >= 0.3 is 0 Å². The van der Waals surface area contributed by atoms with Crippen molar-refractivity contribution >= 4 is 28.7 Å². The predicted molar refractivity (Wildman–Crippen MR) is 125 cm³/mol. The summed E-state index contributed by atoms with van der Waals surface area (Å²) in [5.74, 6) is 1.93. The highest BCUT2D eigenvalue weighted by Crippen LogP contribution is 2.34. The topological polar surface area (TPSA) is 53.7 Å². The Morgan fingerprint density at radius 2 is 2.10 bits per heavy atom. The van der Waals surface area contributed by atoms with E-state index in [0.717, 1.165) is 72.9 Å². The van der Waals surface area contributed by atoms with E-state index < -0.39 is 0 Å². The molecule has 0 N–H and O–H groups in total. The Kier molecular flexibility index (Phi) is 5.46. The molecule has 6 nitrogen and oxygen atoms in total. The minimum absolute atomic E-state index is 0.0192. The van der Waals surface area contributed by atoms with E-state index in [2.05, 4.69) is 44.0 Å². The number of aromatic nitrogens is 3. The van der Waals surface area contributed by atoms with Crippen molar-refractivity contribution in [2.45, 2.75) is 58.9 Å². The third-order valence-corrected chi connectivity index (χ3v) is 7.89. The molecule has 0 bridgehead atoms. The summed E-state index contributed by atoms with van der Waals surface area (Å²) in [6, 6.07) is 6.17. The van der Waals surface area contributed by atoms with Crippen LogP contribution in [0.25, 0.3) is 5.65 Å². The van der Waals surface area contributed by atoms with Crippen LogP contribution in [0.15, 0.2) is 24.4 Å². The Hall–Kier alpha value is -2.41. The number of thiophene rings is 1. The first-order valence-electron chi connectivity index (χ1n) is 11.5. The highest BCUT2D eigenvalue weighted by atomic mass is 32.1. The molecule has 1 amide bonds. The molecule has 3 aromatic heterocycles. The van der Waals surface area contributed by atoms with Crippen molar-refractivity contribution in [3.63, 3.8) is 0 Å². The lowest BCUT2D eigenvalue weighted by Gasteiger charge is -2.34. The molecule has 0 spiro atoms. The van der Waals surface area contributed by atoms with Crippen molar-refractivity contribution in [2.75, 3.05) is 24.5 Å². The van der Waals surface area contributed by atoms with Crippen LogP contribution in [-0.4, -0.2) is 45.0 Å². The zero-order valence-electron chi connectivity index (χ0n) is 18.7. The lowest BCUT2D eigenvalue weighted by Crippen LogP contribution is -2.38. The normalized spacial score (nSPS) is 21.9. The molecule has 2 atom stereocenters. The van der Waals surface area contributed by atoms with Gasteiger partial charge in [0.05, 0.1) is 16.6 Å². The quantitative estimate of drug-likeness (QED) is 0.584. The smallest absolute Gasteiger partial charge is 0.264 e. The Labute approximate surface area is 187 Å². The van der Waals surface area contributed by atoms with E-state index in [1.807, 2.05) is 15.5 Å². The maximum atomic E-state index is 13.3. The van der Waals surface area contributed by atoms with Gasteiger partial charge in [0.15, 0.2) is 5.65 Å². The van der Waals surface area contributed by atoms with Crippen LogP contribution in [0.4, 0.5) is 5.82 Å². The Morgan fingerprint density at radius 3 is 2.84 bits per heavy atom. The van der Waals surface area contributed by atoms with Crippen LogP contribution in [0.5, 0.6) is 0 Å². The number of likely N-dealkylation sites (tertiary alicyclic amines) is 1. The summed E-state index contributed by atoms with van der Waals surface area (Å²) >= 11 is 1.62. The summed E-state index contributed by atoms with van der Waals surface area (Å²) in [5, 5.41) is 4.87. The summed E-state index contributed by atoms with van der Waals surface area (Å²) in [6.07, 6.45) is 7.41. The molecule has 7 heteroatoms. The van der Waals surface area contributed by atoms with E-state index in [4.69, 9.17) is 10.1 Å². The van der Waals surface area contributed by atoms with E-state index in [0.29, 0.717) is 5.92 Å².